The van der Waals surface area contributed by atoms with Crippen molar-refractivity contribution < 1.29 is 4.74 Å². The van der Waals surface area contributed by atoms with Crippen LogP contribution in [0.25, 0.3) is 0 Å². The van der Waals surface area contributed by atoms with Crippen LogP contribution in [0, 0.1) is 0 Å². The van der Waals surface area contributed by atoms with E-state index >= 15 is 0 Å². The summed E-state index contributed by atoms with van der Waals surface area (Å²) < 4.78 is 7.81. The fourth-order valence-electron chi connectivity index (χ4n) is 16.3. The first-order valence-corrected chi connectivity index (χ1v) is 46.1. The van der Waals surface area contributed by atoms with E-state index in [4.69, 9.17) is 4.74 Å². The minimum atomic E-state index is 1.18. The van der Waals surface area contributed by atoms with Crippen LogP contribution in [0.1, 0.15) is 537 Å². The molecule has 0 amide bonds. The molecular weight excluding hydrogens is 1170 g/mol. The first-order valence-electron chi connectivity index (χ1n) is 46.1. The SMILES string of the molecule is CCCCCCCCCCCCCCc1ccc(Oc2ccc(CCCCCCCCCCCCCC)c(CCCCCCCCCCCCCC)c2CCCCCCCCCCCCCC)c(CCCCCCCCCCCCCC)c1CCCCCCCCCCCCCC. The van der Waals surface area contributed by atoms with Gasteiger partial charge in [-0.25, -0.2) is 0 Å². The van der Waals surface area contributed by atoms with Gasteiger partial charge >= 0.3 is 0 Å². The topological polar surface area (TPSA) is 9.23 Å². The molecule has 0 saturated heterocycles. The van der Waals surface area contributed by atoms with E-state index in [-0.39, 0.29) is 0 Å². The lowest BCUT2D eigenvalue weighted by Gasteiger charge is -2.23. The van der Waals surface area contributed by atoms with Gasteiger partial charge in [0.25, 0.3) is 0 Å². The standard InChI is InChI=1S/C96H178O/c1-7-13-19-25-31-37-43-49-55-61-67-73-79-89-85-87-95(93(83-77-71-65-59-53-47-41-35-29-23-17-11-5)91(89)81-75-69-63-57-51-45-39-33-27-21-15-9-3)97-96-88-86-90(80-74-68-62-56-50-44-38-32-26-20-14-8-2)92(82-76-70-64-58-52-46-40-34-28-22-16-10-4)94(96)84-78-72-66-60-54-48-42-36-30-24-18-12-6/h85-88H,7-84H2,1-6H3. The van der Waals surface area contributed by atoms with Gasteiger partial charge in [-0.2, -0.15) is 0 Å². The molecule has 2 aromatic carbocycles. The zero-order valence-electron chi connectivity index (χ0n) is 67.9. The number of hydrogen-bond acceptors (Lipinski definition) is 1. The number of unbranched alkanes of at least 4 members (excludes halogenated alkanes) is 66. The number of hydrogen-bond donors (Lipinski definition) is 0. The van der Waals surface area contributed by atoms with Crippen LogP contribution >= 0.6 is 0 Å². The third kappa shape index (κ3) is 55.5. The number of benzene rings is 2. The molecule has 2 rings (SSSR count). The van der Waals surface area contributed by atoms with Gasteiger partial charge in [-0.05, 0) is 123 Å². The lowest BCUT2D eigenvalue weighted by molar-refractivity contribution is 0.461. The summed E-state index contributed by atoms with van der Waals surface area (Å²) >= 11 is 0. The molecule has 0 aliphatic carbocycles. The fourth-order valence-corrected chi connectivity index (χ4v) is 16.3. The first-order chi connectivity index (χ1) is 48.1. The third-order valence-electron chi connectivity index (χ3n) is 22.9. The van der Waals surface area contributed by atoms with E-state index in [2.05, 4.69) is 65.8 Å². The second kappa shape index (κ2) is 74.0. The summed E-state index contributed by atoms with van der Waals surface area (Å²) in [6.45, 7) is 14.1. The van der Waals surface area contributed by atoms with Crippen LogP contribution in [0.2, 0.25) is 0 Å². The molecule has 0 spiro atoms. The molecule has 0 atom stereocenters. The molecule has 1 nitrogen and oxygen atoms in total. The number of ether oxygens (including phenoxy) is 1. The Kier molecular flexibility index (Phi) is 69.6. The van der Waals surface area contributed by atoms with E-state index < -0.39 is 0 Å². The number of aryl methyl sites for hydroxylation is 2. The molecule has 0 N–H and O–H groups in total. The summed E-state index contributed by atoms with van der Waals surface area (Å²) in [5.41, 5.74) is 10.0. The molecule has 568 valence electrons. The summed E-state index contributed by atoms with van der Waals surface area (Å²) in [6, 6.07) is 10.3. The van der Waals surface area contributed by atoms with Gasteiger partial charge in [0.2, 0.25) is 0 Å². The predicted octanol–water partition coefficient (Wildman–Crippen LogP) is 34.9. The maximum absolute atomic E-state index is 7.81. The fraction of sp³-hybridized carbons (Fsp3) is 0.875. The summed E-state index contributed by atoms with van der Waals surface area (Å²) in [5, 5.41) is 0. The molecule has 0 bridgehead atoms. The Morgan fingerprint density at radius 2 is 0.278 bits per heavy atom. The van der Waals surface area contributed by atoms with Crippen LogP contribution in [0.15, 0.2) is 24.3 Å². The minimum absolute atomic E-state index is 1.18. The molecule has 0 aromatic heterocycles. The molecule has 97 heavy (non-hydrogen) atoms. The molecule has 0 aliphatic rings. The smallest absolute Gasteiger partial charge is 0.130 e. The van der Waals surface area contributed by atoms with Crippen molar-refractivity contribution in [2.75, 3.05) is 0 Å². The van der Waals surface area contributed by atoms with Gasteiger partial charge < -0.3 is 4.74 Å². The third-order valence-corrected chi connectivity index (χ3v) is 22.9. The van der Waals surface area contributed by atoms with Crippen molar-refractivity contribution >= 4 is 0 Å². The molecule has 0 heterocycles. The van der Waals surface area contributed by atoms with E-state index in [0.29, 0.717) is 0 Å². The second-order valence-corrected chi connectivity index (χ2v) is 32.3. The zero-order chi connectivity index (χ0) is 69.3. The Balaban J connectivity index is 2.56. The highest BCUT2D eigenvalue weighted by molar-refractivity contribution is 5.51. The maximum atomic E-state index is 7.81. The van der Waals surface area contributed by atoms with Crippen LogP contribution in [0.3, 0.4) is 0 Å². The highest BCUT2D eigenvalue weighted by Gasteiger charge is 2.20. The normalized spacial score (nSPS) is 11.7. The van der Waals surface area contributed by atoms with Crippen molar-refractivity contribution in [2.24, 2.45) is 0 Å². The van der Waals surface area contributed by atoms with E-state index in [0.717, 1.165) is 0 Å². The predicted molar refractivity (Wildman–Crippen MR) is 442 cm³/mol. The Morgan fingerprint density at radius 1 is 0.144 bits per heavy atom. The van der Waals surface area contributed by atoms with Crippen molar-refractivity contribution in [3.05, 3.63) is 57.6 Å². The molecule has 0 unspecified atom stereocenters. The van der Waals surface area contributed by atoms with Crippen LogP contribution in [-0.2, 0) is 38.5 Å². The van der Waals surface area contributed by atoms with Gasteiger partial charge in [0.15, 0.2) is 0 Å². The minimum Gasteiger partial charge on any atom is -0.457 e. The van der Waals surface area contributed by atoms with Crippen molar-refractivity contribution in [1.82, 2.24) is 0 Å². The van der Waals surface area contributed by atoms with Gasteiger partial charge in [-0.15, -0.1) is 0 Å². The van der Waals surface area contributed by atoms with E-state index in [1.807, 2.05) is 0 Å². The Hall–Kier alpha value is -1.76. The van der Waals surface area contributed by atoms with Crippen molar-refractivity contribution in [1.29, 1.82) is 0 Å². The lowest BCUT2D eigenvalue weighted by Crippen LogP contribution is -2.07. The van der Waals surface area contributed by atoms with Gasteiger partial charge in [-0.1, -0.05) is 477 Å². The van der Waals surface area contributed by atoms with Gasteiger partial charge in [0.05, 0.1) is 0 Å². The van der Waals surface area contributed by atoms with E-state index in [1.54, 1.807) is 33.4 Å². The Morgan fingerprint density at radius 3 is 0.443 bits per heavy atom. The Labute approximate surface area is 612 Å². The average Bonchev–Trinajstić information content (AvgIpc) is 0.818. The van der Waals surface area contributed by atoms with Crippen LogP contribution in [-0.4, -0.2) is 0 Å². The number of rotatable bonds is 80. The molecular formula is C96H178O. The molecule has 0 saturated carbocycles. The highest BCUT2D eigenvalue weighted by atomic mass is 16.5. The lowest BCUT2D eigenvalue weighted by atomic mass is 9.88. The zero-order valence-corrected chi connectivity index (χ0v) is 67.9. The van der Waals surface area contributed by atoms with Crippen LogP contribution in [0.4, 0.5) is 0 Å². The molecule has 2 aromatic rings. The van der Waals surface area contributed by atoms with Crippen molar-refractivity contribution in [3.8, 4) is 11.5 Å². The quantitative estimate of drug-likeness (QED) is 0.0600. The highest BCUT2D eigenvalue weighted by Crippen LogP contribution is 2.39. The van der Waals surface area contributed by atoms with E-state index in [1.165, 1.54) is 512 Å². The van der Waals surface area contributed by atoms with Gasteiger partial charge in [0.1, 0.15) is 11.5 Å². The molecule has 1 heteroatoms. The van der Waals surface area contributed by atoms with Crippen molar-refractivity contribution in [2.45, 2.75) is 542 Å². The monoisotopic (exact) mass is 1350 g/mol. The molecule has 0 radical (unpaired) electrons. The molecule has 0 fully saturated rings. The first kappa shape index (κ1) is 91.3. The summed E-state index contributed by atoms with van der Waals surface area (Å²) in [4.78, 5) is 0. The summed E-state index contributed by atoms with van der Waals surface area (Å²) in [5.74, 6) is 2.47. The summed E-state index contributed by atoms with van der Waals surface area (Å²) in [6.07, 6.45) is 109. The Bertz CT molecular complexity index is 1740. The average molecular weight is 1350 g/mol. The largest absolute Gasteiger partial charge is 0.457 e. The molecule has 0 aliphatic heterocycles. The second-order valence-electron chi connectivity index (χ2n) is 32.3. The van der Waals surface area contributed by atoms with Crippen LogP contribution in [0.5, 0.6) is 11.5 Å². The van der Waals surface area contributed by atoms with Gasteiger partial charge in [-0.3, -0.25) is 0 Å². The van der Waals surface area contributed by atoms with Crippen molar-refractivity contribution in [3.63, 3.8) is 0 Å². The van der Waals surface area contributed by atoms with E-state index in [9.17, 15) is 0 Å². The summed E-state index contributed by atoms with van der Waals surface area (Å²) in [7, 11) is 0. The maximum Gasteiger partial charge on any atom is 0.130 e. The van der Waals surface area contributed by atoms with Gasteiger partial charge in [0, 0.05) is 0 Å². The van der Waals surface area contributed by atoms with Crippen LogP contribution < -0.4 is 4.74 Å².